The standard InChI is InChI=1S/C34H38ClN7O4S/c1-33(2,3)46-32(44)37-16-22-5-7-23(8-6-22)30-28-29(39-40(30)4)31(43)42(20-38-28)19-34(45)11-13-41(14-12-34)18-25-10-9-24(15-26(25)35)27-17-36-21-47-27/h5-10,15,17,20-21,45H,11-14,16,18-19H2,1-4H3,(H,37,44). The summed E-state index contributed by atoms with van der Waals surface area (Å²) in [5.74, 6) is 0. The number of rotatable bonds is 8. The van der Waals surface area contributed by atoms with Crippen molar-refractivity contribution in [3.8, 4) is 21.7 Å². The Morgan fingerprint density at radius 3 is 2.49 bits per heavy atom. The highest BCUT2D eigenvalue weighted by Crippen LogP contribution is 2.31. The number of hydrogen-bond acceptors (Lipinski definition) is 9. The first-order valence-corrected chi connectivity index (χ1v) is 16.7. The number of nitrogens with one attached hydrogen (secondary N) is 1. The number of amides is 1. The lowest BCUT2D eigenvalue weighted by Crippen LogP contribution is -2.47. The molecular formula is C34H38ClN7O4S. The minimum atomic E-state index is -1.05. The van der Waals surface area contributed by atoms with Gasteiger partial charge in [-0.2, -0.15) is 5.10 Å². The van der Waals surface area contributed by atoms with E-state index in [0.717, 1.165) is 27.1 Å². The number of likely N-dealkylation sites (tertiary alicyclic amines) is 1. The molecule has 2 aromatic carbocycles. The maximum absolute atomic E-state index is 13.6. The van der Waals surface area contributed by atoms with Gasteiger partial charge in [0.2, 0.25) is 0 Å². The van der Waals surface area contributed by atoms with E-state index in [0.29, 0.717) is 55.3 Å². The first-order valence-electron chi connectivity index (χ1n) is 15.5. The Morgan fingerprint density at radius 1 is 1.11 bits per heavy atom. The van der Waals surface area contributed by atoms with Gasteiger partial charge in [-0.1, -0.05) is 48.0 Å². The molecule has 2 N–H and O–H groups in total. The van der Waals surface area contributed by atoms with Gasteiger partial charge in [-0.3, -0.25) is 23.9 Å². The number of carbonyl (C=O) groups excluding carboxylic acids is 1. The van der Waals surface area contributed by atoms with Crippen LogP contribution in [0.5, 0.6) is 0 Å². The lowest BCUT2D eigenvalue weighted by molar-refractivity contribution is -0.0364. The Kier molecular flexibility index (Phi) is 9.21. The number of nitrogens with zero attached hydrogens (tertiary/aromatic N) is 6. The van der Waals surface area contributed by atoms with Crippen LogP contribution < -0.4 is 10.9 Å². The smallest absolute Gasteiger partial charge is 0.407 e. The second-order valence-electron chi connectivity index (χ2n) is 13.1. The van der Waals surface area contributed by atoms with Crippen molar-refractivity contribution in [2.75, 3.05) is 13.1 Å². The van der Waals surface area contributed by atoms with Crippen molar-refractivity contribution >= 4 is 40.1 Å². The van der Waals surface area contributed by atoms with Gasteiger partial charge in [0.05, 0.1) is 34.6 Å². The van der Waals surface area contributed by atoms with Crippen molar-refractivity contribution in [2.24, 2.45) is 7.05 Å². The summed E-state index contributed by atoms with van der Waals surface area (Å²) in [6.45, 7) is 7.93. The van der Waals surface area contributed by atoms with Crippen LogP contribution in [0.1, 0.15) is 44.7 Å². The fourth-order valence-corrected chi connectivity index (χ4v) is 6.69. The van der Waals surface area contributed by atoms with Gasteiger partial charge in [-0.25, -0.2) is 9.78 Å². The van der Waals surface area contributed by atoms with E-state index in [-0.39, 0.29) is 17.6 Å². The quantitative estimate of drug-likeness (QED) is 0.217. The van der Waals surface area contributed by atoms with Gasteiger partial charge < -0.3 is 15.2 Å². The third kappa shape index (κ3) is 7.57. The fraction of sp³-hybridized carbons (Fsp3) is 0.382. The number of carbonyl (C=O) groups is 1. The van der Waals surface area contributed by atoms with Crippen LogP contribution in [0.15, 0.2) is 65.3 Å². The molecule has 47 heavy (non-hydrogen) atoms. The highest BCUT2D eigenvalue weighted by molar-refractivity contribution is 7.13. The second kappa shape index (κ2) is 13.2. The van der Waals surface area contributed by atoms with Gasteiger partial charge in [0.15, 0.2) is 5.52 Å². The minimum Gasteiger partial charge on any atom is -0.444 e. The molecule has 1 amide bonds. The zero-order valence-electron chi connectivity index (χ0n) is 26.9. The molecule has 1 aliphatic rings. The van der Waals surface area contributed by atoms with Crippen molar-refractivity contribution in [3.63, 3.8) is 0 Å². The fourth-order valence-electron chi connectivity index (χ4n) is 5.83. The molecule has 11 nitrogen and oxygen atoms in total. The highest BCUT2D eigenvalue weighted by atomic mass is 35.5. The Morgan fingerprint density at radius 2 is 1.83 bits per heavy atom. The van der Waals surface area contributed by atoms with Gasteiger partial charge in [-0.15, -0.1) is 11.3 Å². The van der Waals surface area contributed by atoms with E-state index in [2.05, 4.69) is 37.4 Å². The SMILES string of the molecule is Cn1nc2c(=O)n(CC3(O)CCN(Cc4ccc(-c5cncs5)cc4Cl)CC3)cnc2c1-c1ccc(CNC(=O)OC(C)(C)C)cc1. The summed E-state index contributed by atoms with van der Waals surface area (Å²) in [5.41, 5.74) is 5.17. The number of hydrogen-bond donors (Lipinski definition) is 2. The van der Waals surface area contributed by atoms with Crippen LogP contribution >= 0.6 is 22.9 Å². The Labute approximate surface area is 281 Å². The summed E-state index contributed by atoms with van der Waals surface area (Å²) in [4.78, 5) is 37.7. The average Bonchev–Trinajstić information content (AvgIpc) is 3.68. The van der Waals surface area contributed by atoms with Gasteiger partial charge in [0.25, 0.3) is 5.56 Å². The van der Waals surface area contributed by atoms with Crippen molar-refractivity contribution in [1.29, 1.82) is 0 Å². The molecule has 0 bridgehead atoms. The lowest BCUT2D eigenvalue weighted by atomic mass is 9.91. The lowest BCUT2D eigenvalue weighted by Gasteiger charge is -2.38. The molecule has 1 saturated heterocycles. The largest absolute Gasteiger partial charge is 0.444 e. The molecule has 6 rings (SSSR count). The molecule has 1 fully saturated rings. The number of fused-ring (bicyclic) bond motifs is 1. The zero-order valence-corrected chi connectivity index (χ0v) is 28.4. The molecule has 0 saturated carbocycles. The summed E-state index contributed by atoms with van der Waals surface area (Å²) < 4.78 is 8.42. The van der Waals surface area contributed by atoms with Gasteiger partial charge in [-0.05, 0) is 56.4 Å². The predicted octanol–water partition coefficient (Wildman–Crippen LogP) is 5.63. The molecular weight excluding hydrogens is 638 g/mol. The van der Waals surface area contributed by atoms with Crippen LogP contribution in [0.3, 0.4) is 0 Å². The number of aryl methyl sites for hydroxylation is 1. The van der Waals surface area contributed by atoms with Gasteiger partial charge in [0, 0.05) is 50.0 Å². The molecule has 0 aliphatic carbocycles. The van der Waals surface area contributed by atoms with Crippen LogP contribution in [-0.2, 0) is 31.4 Å². The Bertz CT molecular complexity index is 1940. The third-order valence-electron chi connectivity index (χ3n) is 8.29. The van der Waals surface area contributed by atoms with Gasteiger partial charge >= 0.3 is 6.09 Å². The molecule has 0 atom stereocenters. The molecule has 0 unspecified atom stereocenters. The molecule has 0 radical (unpaired) electrons. The molecule has 1 aliphatic heterocycles. The number of aliphatic hydroxyl groups is 1. The average molecular weight is 676 g/mol. The zero-order chi connectivity index (χ0) is 33.3. The molecule has 5 aromatic rings. The normalized spacial score (nSPS) is 15.2. The molecule has 0 spiro atoms. The summed E-state index contributed by atoms with van der Waals surface area (Å²) in [6, 6.07) is 13.7. The second-order valence-corrected chi connectivity index (χ2v) is 14.4. The van der Waals surface area contributed by atoms with Crippen molar-refractivity contribution in [1.82, 2.24) is 34.5 Å². The Balaban J connectivity index is 1.10. The van der Waals surface area contributed by atoms with Crippen LogP contribution in [-0.4, -0.2) is 64.7 Å². The van der Waals surface area contributed by atoms with Crippen molar-refractivity contribution in [2.45, 2.75) is 64.4 Å². The van der Waals surface area contributed by atoms with Crippen LogP contribution in [0.4, 0.5) is 4.79 Å². The van der Waals surface area contributed by atoms with E-state index in [1.165, 1.54) is 10.9 Å². The third-order valence-corrected chi connectivity index (χ3v) is 9.46. The molecule has 246 valence electrons. The van der Waals surface area contributed by atoms with Crippen LogP contribution in [0, 0.1) is 0 Å². The number of thiazole rings is 1. The number of halogens is 1. The predicted molar refractivity (Wildman–Crippen MR) is 183 cm³/mol. The first kappa shape index (κ1) is 32.8. The van der Waals surface area contributed by atoms with E-state index < -0.39 is 17.3 Å². The van der Waals surface area contributed by atoms with E-state index in [9.17, 15) is 14.7 Å². The number of benzene rings is 2. The summed E-state index contributed by atoms with van der Waals surface area (Å²) in [7, 11) is 1.78. The van der Waals surface area contributed by atoms with Gasteiger partial charge in [0.1, 0.15) is 11.1 Å². The van der Waals surface area contributed by atoms with Crippen molar-refractivity contribution < 1.29 is 14.6 Å². The monoisotopic (exact) mass is 675 g/mol. The molecule has 4 heterocycles. The maximum Gasteiger partial charge on any atom is 0.407 e. The summed E-state index contributed by atoms with van der Waals surface area (Å²) in [5, 5.41) is 19.5. The molecule has 13 heteroatoms. The van der Waals surface area contributed by atoms with E-state index in [1.807, 2.05) is 57.3 Å². The number of aromatic nitrogens is 5. The van der Waals surface area contributed by atoms with E-state index in [1.54, 1.807) is 28.6 Å². The summed E-state index contributed by atoms with van der Waals surface area (Å²) >= 11 is 8.21. The van der Waals surface area contributed by atoms with E-state index >= 15 is 0 Å². The van der Waals surface area contributed by atoms with Crippen molar-refractivity contribution in [3.05, 3.63) is 87.0 Å². The Hall–Kier alpha value is -4.10. The maximum atomic E-state index is 13.6. The topological polar surface area (TPSA) is 127 Å². The number of ether oxygens (including phenoxy) is 1. The minimum absolute atomic E-state index is 0.137. The molecule has 3 aromatic heterocycles. The summed E-state index contributed by atoms with van der Waals surface area (Å²) in [6.07, 6.45) is 3.88. The highest BCUT2D eigenvalue weighted by Gasteiger charge is 2.33. The van der Waals surface area contributed by atoms with E-state index in [4.69, 9.17) is 16.3 Å². The van der Waals surface area contributed by atoms with Crippen LogP contribution in [0.2, 0.25) is 5.02 Å². The number of alkyl carbamates (subject to hydrolysis) is 1. The van der Waals surface area contributed by atoms with Crippen LogP contribution in [0.25, 0.3) is 32.7 Å². The number of piperidine rings is 1. The first-order chi connectivity index (χ1) is 22.4.